The van der Waals surface area contributed by atoms with Crippen LogP contribution in [0.2, 0.25) is 0 Å². The molecule has 0 saturated carbocycles. The lowest BCUT2D eigenvalue weighted by atomic mass is 9.99. The van der Waals surface area contributed by atoms with Gasteiger partial charge in [0.1, 0.15) is 6.33 Å². The minimum Gasteiger partial charge on any atom is -0.348 e. The van der Waals surface area contributed by atoms with Gasteiger partial charge in [-0.15, -0.1) is 10.2 Å². The van der Waals surface area contributed by atoms with Crippen LogP contribution in [0.3, 0.4) is 0 Å². The molecule has 3 rings (SSSR count). The molecule has 3 aromatic rings. The molecule has 0 radical (unpaired) electrons. The quantitative estimate of drug-likeness (QED) is 0.502. The van der Waals surface area contributed by atoms with Crippen LogP contribution < -0.4 is 11.2 Å². The molecule has 1 atom stereocenters. The number of hydrogen-bond donors (Lipinski definition) is 2. The van der Waals surface area contributed by atoms with Crippen molar-refractivity contribution in [3.05, 3.63) is 78.1 Å². The summed E-state index contributed by atoms with van der Waals surface area (Å²) in [5, 5.41) is 11.2. The Morgan fingerprint density at radius 3 is 2.44 bits per heavy atom. The fourth-order valence-electron chi connectivity index (χ4n) is 2.49. The Morgan fingerprint density at radius 1 is 1.12 bits per heavy atom. The third-order valence-corrected chi connectivity index (χ3v) is 4.65. The lowest BCUT2D eigenvalue weighted by Crippen LogP contribution is -2.31. The van der Waals surface area contributed by atoms with E-state index < -0.39 is 0 Å². The van der Waals surface area contributed by atoms with Crippen LogP contribution in [0.1, 0.15) is 17.2 Å². The zero-order chi connectivity index (χ0) is 17.5. The van der Waals surface area contributed by atoms with Crippen molar-refractivity contribution in [1.82, 2.24) is 20.2 Å². The fourth-order valence-corrected chi connectivity index (χ4v) is 3.13. The van der Waals surface area contributed by atoms with Gasteiger partial charge in [-0.2, -0.15) is 0 Å². The van der Waals surface area contributed by atoms with Gasteiger partial charge >= 0.3 is 0 Å². The van der Waals surface area contributed by atoms with E-state index in [0.29, 0.717) is 5.16 Å². The standard InChI is InChI=1S/C18H19N5OS/c19-23-13-20-22-18(23)25-12-17(24)21-16(15-9-5-2-6-10-15)11-14-7-3-1-4-8-14/h1-10,13,16H,11-12,19H2,(H,21,24)/t16-/m0/s1. The first kappa shape index (κ1) is 17.0. The predicted molar refractivity (Wildman–Crippen MR) is 98.4 cm³/mol. The van der Waals surface area contributed by atoms with Crippen molar-refractivity contribution < 1.29 is 4.79 Å². The molecule has 128 valence electrons. The highest BCUT2D eigenvalue weighted by molar-refractivity contribution is 7.99. The number of carbonyl (C=O) groups excluding carboxylic acids is 1. The molecule has 7 heteroatoms. The maximum absolute atomic E-state index is 12.4. The molecule has 0 saturated heterocycles. The second-order valence-electron chi connectivity index (χ2n) is 5.53. The van der Waals surface area contributed by atoms with Crippen LogP contribution in [0, 0.1) is 0 Å². The molecule has 0 fully saturated rings. The maximum Gasteiger partial charge on any atom is 0.230 e. The van der Waals surface area contributed by atoms with Crippen LogP contribution in [-0.2, 0) is 11.2 Å². The largest absolute Gasteiger partial charge is 0.348 e. The highest BCUT2D eigenvalue weighted by Gasteiger charge is 2.16. The molecule has 3 N–H and O–H groups in total. The predicted octanol–water partition coefficient (Wildman–Crippen LogP) is 2.18. The minimum atomic E-state index is -0.0903. The average molecular weight is 353 g/mol. The lowest BCUT2D eigenvalue weighted by Gasteiger charge is -2.19. The number of nitrogens with two attached hydrogens (primary N) is 1. The molecule has 6 nitrogen and oxygen atoms in total. The number of hydrogen-bond acceptors (Lipinski definition) is 5. The average Bonchev–Trinajstić information content (AvgIpc) is 3.06. The number of benzene rings is 2. The first-order chi connectivity index (χ1) is 12.2. The Balaban J connectivity index is 1.66. The number of aromatic nitrogens is 3. The summed E-state index contributed by atoms with van der Waals surface area (Å²) in [5.74, 6) is 5.82. The van der Waals surface area contributed by atoms with E-state index >= 15 is 0 Å². The van der Waals surface area contributed by atoms with E-state index in [9.17, 15) is 4.79 Å². The van der Waals surface area contributed by atoms with E-state index in [2.05, 4.69) is 27.6 Å². The molecule has 1 aromatic heterocycles. The Labute approximate surface area is 150 Å². The second-order valence-corrected chi connectivity index (χ2v) is 6.47. The van der Waals surface area contributed by atoms with E-state index in [1.807, 2.05) is 48.5 Å². The number of carbonyl (C=O) groups is 1. The minimum absolute atomic E-state index is 0.0715. The van der Waals surface area contributed by atoms with Crippen molar-refractivity contribution >= 4 is 17.7 Å². The van der Waals surface area contributed by atoms with Crippen molar-refractivity contribution in [1.29, 1.82) is 0 Å². The Bertz CT molecular complexity index is 807. The molecule has 0 aliphatic rings. The normalized spacial score (nSPS) is 11.8. The topological polar surface area (TPSA) is 85.8 Å². The van der Waals surface area contributed by atoms with E-state index in [0.717, 1.165) is 12.0 Å². The zero-order valence-corrected chi connectivity index (χ0v) is 14.4. The number of thioether (sulfide) groups is 1. The smallest absolute Gasteiger partial charge is 0.230 e. The summed E-state index contributed by atoms with van der Waals surface area (Å²) in [6.07, 6.45) is 2.14. The summed E-state index contributed by atoms with van der Waals surface area (Å²) in [7, 11) is 0. The molecule has 0 bridgehead atoms. The van der Waals surface area contributed by atoms with E-state index in [-0.39, 0.29) is 17.7 Å². The number of nitrogens with zero attached hydrogens (tertiary/aromatic N) is 3. The van der Waals surface area contributed by atoms with Crippen molar-refractivity contribution in [2.75, 3.05) is 11.6 Å². The van der Waals surface area contributed by atoms with Gasteiger partial charge in [-0.25, -0.2) is 4.68 Å². The lowest BCUT2D eigenvalue weighted by molar-refractivity contribution is -0.119. The highest BCUT2D eigenvalue weighted by Crippen LogP contribution is 2.19. The monoisotopic (exact) mass is 353 g/mol. The van der Waals surface area contributed by atoms with Crippen molar-refractivity contribution in [3.8, 4) is 0 Å². The molecular weight excluding hydrogens is 334 g/mol. The van der Waals surface area contributed by atoms with Crippen LogP contribution in [0.5, 0.6) is 0 Å². The number of nitrogens with one attached hydrogen (secondary N) is 1. The molecule has 0 spiro atoms. The number of rotatable bonds is 7. The van der Waals surface area contributed by atoms with Gasteiger partial charge in [0, 0.05) is 0 Å². The van der Waals surface area contributed by atoms with E-state index in [1.165, 1.54) is 28.3 Å². The first-order valence-electron chi connectivity index (χ1n) is 7.88. The molecule has 0 aliphatic heterocycles. The van der Waals surface area contributed by atoms with Gasteiger partial charge in [0.25, 0.3) is 0 Å². The van der Waals surface area contributed by atoms with E-state index in [1.54, 1.807) is 0 Å². The molecule has 0 unspecified atom stereocenters. The van der Waals surface area contributed by atoms with Crippen LogP contribution in [0.25, 0.3) is 0 Å². The van der Waals surface area contributed by atoms with Gasteiger partial charge in [-0.05, 0) is 17.5 Å². The van der Waals surface area contributed by atoms with Crippen LogP contribution in [-0.4, -0.2) is 26.5 Å². The highest BCUT2D eigenvalue weighted by atomic mass is 32.2. The summed E-state index contributed by atoms with van der Waals surface area (Å²) < 4.78 is 1.30. The third-order valence-electron chi connectivity index (χ3n) is 3.69. The molecule has 2 aromatic carbocycles. The Kier molecular flexibility index (Phi) is 5.69. The number of amides is 1. The van der Waals surface area contributed by atoms with Crippen LogP contribution >= 0.6 is 11.8 Å². The van der Waals surface area contributed by atoms with Gasteiger partial charge in [-0.1, -0.05) is 72.4 Å². The van der Waals surface area contributed by atoms with Gasteiger partial charge in [0.2, 0.25) is 11.1 Å². The maximum atomic E-state index is 12.4. The van der Waals surface area contributed by atoms with Gasteiger partial charge < -0.3 is 11.2 Å². The third kappa shape index (κ3) is 4.84. The summed E-state index contributed by atoms with van der Waals surface area (Å²) in [6, 6.07) is 20.0. The SMILES string of the molecule is Nn1cnnc1SCC(=O)N[C@@H](Cc1ccccc1)c1ccccc1. The fraction of sp³-hybridized carbons (Fsp3) is 0.167. The molecular formula is C18H19N5OS. The Morgan fingerprint density at radius 2 is 1.80 bits per heavy atom. The van der Waals surface area contributed by atoms with Crippen molar-refractivity contribution in [2.45, 2.75) is 17.6 Å². The molecule has 25 heavy (non-hydrogen) atoms. The van der Waals surface area contributed by atoms with Gasteiger partial charge in [0.15, 0.2) is 0 Å². The van der Waals surface area contributed by atoms with E-state index in [4.69, 9.17) is 5.84 Å². The van der Waals surface area contributed by atoms with Crippen LogP contribution in [0.15, 0.2) is 72.1 Å². The van der Waals surface area contributed by atoms with Crippen molar-refractivity contribution in [3.63, 3.8) is 0 Å². The Hall–Kier alpha value is -2.80. The van der Waals surface area contributed by atoms with Gasteiger partial charge in [0.05, 0.1) is 11.8 Å². The van der Waals surface area contributed by atoms with Gasteiger partial charge in [-0.3, -0.25) is 4.79 Å². The summed E-state index contributed by atoms with van der Waals surface area (Å²) in [5.41, 5.74) is 2.25. The molecule has 0 aliphatic carbocycles. The summed E-state index contributed by atoms with van der Waals surface area (Å²) >= 11 is 1.26. The number of nitrogen functional groups attached to an aromatic ring is 1. The molecule has 1 heterocycles. The summed E-state index contributed by atoms with van der Waals surface area (Å²) in [6.45, 7) is 0. The van der Waals surface area contributed by atoms with Crippen molar-refractivity contribution in [2.24, 2.45) is 0 Å². The summed E-state index contributed by atoms with van der Waals surface area (Å²) in [4.78, 5) is 12.4. The second kappa shape index (κ2) is 8.34. The molecule has 1 amide bonds. The zero-order valence-electron chi connectivity index (χ0n) is 13.6. The van der Waals surface area contributed by atoms with Crippen LogP contribution in [0.4, 0.5) is 0 Å². The first-order valence-corrected chi connectivity index (χ1v) is 8.87.